The largest absolute Gasteiger partial charge is 0.481 e. The molecule has 2 N–H and O–H groups in total. The summed E-state index contributed by atoms with van der Waals surface area (Å²) >= 11 is 0. The number of allylic oxidation sites excluding steroid dienone is 1. The van der Waals surface area contributed by atoms with E-state index in [1.807, 2.05) is 0 Å². The third-order valence-electron chi connectivity index (χ3n) is 16.4. The molecule has 10 atom stereocenters. The third-order valence-corrected chi connectivity index (χ3v) is 16.4. The SMILES string of the molecule is C=C(C)[C@@H]1CC[C@]2(COC(=O)CC3(CC(=O)O)CCCC3)CC[C@]3(C)[C@H](CC[C@@H]4[C@@]5(C)CC[C@H](O)C(C)(C)[C@@H]5CC[C@]43C)[C@@H]12. The monoisotopic (exact) mass is 610 g/mol. The summed E-state index contributed by atoms with van der Waals surface area (Å²) in [7, 11) is 0. The summed E-state index contributed by atoms with van der Waals surface area (Å²) in [6.07, 6.45) is 15.3. The molecule has 5 nitrogen and oxygen atoms in total. The predicted molar refractivity (Wildman–Crippen MR) is 174 cm³/mol. The zero-order valence-corrected chi connectivity index (χ0v) is 28.8. The first-order valence-corrected chi connectivity index (χ1v) is 18.2. The van der Waals surface area contributed by atoms with Gasteiger partial charge < -0.3 is 14.9 Å². The van der Waals surface area contributed by atoms with Crippen LogP contribution in [0.3, 0.4) is 0 Å². The Bertz CT molecular complexity index is 1170. The summed E-state index contributed by atoms with van der Waals surface area (Å²) < 4.78 is 6.26. The number of hydrogen-bond donors (Lipinski definition) is 2. The zero-order valence-electron chi connectivity index (χ0n) is 28.8. The van der Waals surface area contributed by atoms with E-state index >= 15 is 0 Å². The van der Waals surface area contributed by atoms with E-state index in [1.165, 1.54) is 37.7 Å². The second-order valence-corrected chi connectivity index (χ2v) is 18.5. The summed E-state index contributed by atoms with van der Waals surface area (Å²) in [5, 5.41) is 20.6. The smallest absolute Gasteiger partial charge is 0.306 e. The molecule has 0 aromatic carbocycles. The molecule has 0 aromatic heterocycles. The summed E-state index contributed by atoms with van der Waals surface area (Å²) in [6, 6.07) is 0. The van der Waals surface area contributed by atoms with E-state index in [0.29, 0.717) is 36.2 Å². The molecule has 6 saturated carbocycles. The molecule has 0 heterocycles. The van der Waals surface area contributed by atoms with Crippen LogP contribution in [-0.4, -0.2) is 34.9 Å². The summed E-state index contributed by atoms with van der Waals surface area (Å²) in [5.41, 5.74) is 1.60. The van der Waals surface area contributed by atoms with Gasteiger partial charge in [0, 0.05) is 5.41 Å². The Labute approximate surface area is 267 Å². The van der Waals surface area contributed by atoms with Crippen LogP contribution < -0.4 is 0 Å². The van der Waals surface area contributed by atoms with Crippen molar-refractivity contribution in [2.24, 2.45) is 62.1 Å². The Morgan fingerprint density at radius 2 is 1.50 bits per heavy atom. The van der Waals surface area contributed by atoms with E-state index in [4.69, 9.17) is 4.74 Å². The van der Waals surface area contributed by atoms with Gasteiger partial charge in [-0.2, -0.15) is 0 Å². The van der Waals surface area contributed by atoms with Crippen molar-refractivity contribution < 1.29 is 24.5 Å². The summed E-state index contributed by atoms with van der Waals surface area (Å²) in [6.45, 7) is 19.8. The number of ether oxygens (including phenoxy) is 1. The van der Waals surface area contributed by atoms with Crippen LogP contribution in [0.4, 0.5) is 0 Å². The van der Waals surface area contributed by atoms with Crippen LogP contribution in [0.15, 0.2) is 12.2 Å². The highest BCUT2D eigenvalue weighted by Gasteiger charge is 2.71. The first-order valence-electron chi connectivity index (χ1n) is 18.2. The van der Waals surface area contributed by atoms with Gasteiger partial charge in [-0.25, -0.2) is 0 Å². The quantitative estimate of drug-likeness (QED) is 0.222. The van der Waals surface area contributed by atoms with Gasteiger partial charge in [0.2, 0.25) is 0 Å². The molecule has 0 bridgehead atoms. The molecular formula is C39H62O5. The van der Waals surface area contributed by atoms with Crippen molar-refractivity contribution in [3.63, 3.8) is 0 Å². The zero-order chi connectivity index (χ0) is 31.9. The fraction of sp³-hybridized carbons (Fsp3) is 0.897. The minimum atomic E-state index is -0.801. The summed E-state index contributed by atoms with van der Waals surface area (Å²) in [5.74, 6) is 1.81. The number of aliphatic carboxylic acids is 1. The van der Waals surface area contributed by atoms with Gasteiger partial charge in [-0.1, -0.05) is 59.6 Å². The molecule has 44 heavy (non-hydrogen) atoms. The number of carboxylic acids is 1. The molecule has 0 aromatic rings. The molecule has 0 unspecified atom stereocenters. The molecule has 6 fully saturated rings. The lowest BCUT2D eigenvalue weighted by molar-refractivity contribution is -0.250. The molecule has 0 spiro atoms. The van der Waals surface area contributed by atoms with Gasteiger partial charge in [-0.15, -0.1) is 0 Å². The number of aliphatic hydroxyl groups is 1. The molecule has 0 amide bonds. The second-order valence-electron chi connectivity index (χ2n) is 18.5. The molecule has 0 aliphatic heterocycles. The van der Waals surface area contributed by atoms with E-state index in [-0.39, 0.29) is 52.0 Å². The standard InChI is InChI=1S/C39H62O5/c1-25(2)26-12-19-39(24-44-32(43)23-38(22-31(41)42)15-8-9-16-38)21-20-36(6)27(33(26)39)10-11-29-35(5)17-14-30(40)34(3,4)28(35)13-18-37(29,36)7/h26-30,33,40H,1,8-24H2,2-7H3,(H,41,42)/t26-,27+,28-,29+,30-,33+,35-,36+,37+,39+/m0/s1. The first-order chi connectivity index (χ1) is 20.5. The van der Waals surface area contributed by atoms with Crippen LogP contribution in [-0.2, 0) is 14.3 Å². The van der Waals surface area contributed by atoms with E-state index in [1.54, 1.807) is 0 Å². The highest BCUT2D eigenvalue weighted by atomic mass is 16.5. The Morgan fingerprint density at radius 3 is 2.16 bits per heavy atom. The lowest BCUT2D eigenvalue weighted by atomic mass is 9.32. The average molecular weight is 611 g/mol. The number of carbonyl (C=O) groups excluding carboxylic acids is 1. The molecule has 6 aliphatic rings. The molecule has 5 heteroatoms. The fourth-order valence-corrected chi connectivity index (χ4v) is 14.0. The van der Waals surface area contributed by atoms with E-state index in [0.717, 1.165) is 57.8 Å². The third kappa shape index (κ3) is 4.69. The van der Waals surface area contributed by atoms with Crippen LogP contribution >= 0.6 is 0 Å². The topological polar surface area (TPSA) is 83.8 Å². The lowest BCUT2D eigenvalue weighted by Crippen LogP contribution is -2.66. The summed E-state index contributed by atoms with van der Waals surface area (Å²) in [4.78, 5) is 25.1. The van der Waals surface area contributed by atoms with E-state index in [9.17, 15) is 19.8 Å². The van der Waals surface area contributed by atoms with Crippen molar-refractivity contribution in [3.8, 4) is 0 Å². The van der Waals surface area contributed by atoms with Crippen LogP contribution in [0.25, 0.3) is 0 Å². The molecule has 0 saturated heterocycles. The van der Waals surface area contributed by atoms with Crippen molar-refractivity contribution in [1.82, 2.24) is 0 Å². The van der Waals surface area contributed by atoms with E-state index in [2.05, 4.69) is 48.1 Å². The second kappa shape index (κ2) is 10.8. The van der Waals surface area contributed by atoms with Crippen molar-refractivity contribution in [3.05, 3.63) is 12.2 Å². The predicted octanol–water partition coefficient (Wildman–Crippen LogP) is 8.97. The highest BCUT2D eigenvalue weighted by Crippen LogP contribution is 2.77. The van der Waals surface area contributed by atoms with Crippen LogP contribution in [0, 0.1) is 62.1 Å². The Kier molecular flexibility index (Phi) is 8.03. The van der Waals surface area contributed by atoms with Crippen molar-refractivity contribution >= 4 is 11.9 Å². The van der Waals surface area contributed by atoms with Crippen molar-refractivity contribution in [1.29, 1.82) is 0 Å². The number of carboxylic acid groups (broad SMARTS) is 1. The number of rotatable bonds is 7. The Morgan fingerprint density at radius 1 is 0.795 bits per heavy atom. The number of hydrogen-bond acceptors (Lipinski definition) is 4. The molecular weight excluding hydrogens is 548 g/mol. The minimum absolute atomic E-state index is 0.000328. The Hall–Kier alpha value is -1.36. The number of aliphatic hydroxyl groups excluding tert-OH is 1. The maximum Gasteiger partial charge on any atom is 0.306 e. The maximum atomic E-state index is 13.4. The molecule has 0 radical (unpaired) electrons. The first kappa shape index (κ1) is 32.6. The van der Waals surface area contributed by atoms with Gasteiger partial charge in [0.25, 0.3) is 0 Å². The van der Waals surface area contributed by atoms with Crippen LogP contribution in [0.1, 0.15) is 144 Å². The molecule has 6 rings (SSSR count). The van der Waals surface area contributed by atoms with Gasteiger partial charge in [-0.05, 0) is 141 Å². The molecule has 248 valence electrons. The number of carbonyl (C=O) groups is 2. The van der Waals surface area contributed by atoms with Crippen molar-refractivity contribution in [2.75, 3.05) is 6.61 Å². The van der Waals surface area contributed by atoms with Crippen molar-refractivity contribution in [2.45, 2.75) is 150 Å². The highest BCUT2D eigenvalue weighted by molar-refractivity contribution is 5.73. The number of esters is 1. The van der Waals surface area contributed by atoms with Crippen LogP contribution in [0.5, 0.6) is 0 Å². The fourth-order valence-electron chi connectivity index (χ4n) is 14.0. The van der Waals surface area contributed by atoms with Gasteiger partial charge in [0.05, 0.1) is 25.6 Å². The van der Waals surface area contributed by atoms with Crippen LogP contribution in [0.2, 0.25) is 0 Å². The van der Waals surface area contributed by atoms with Gasteiger partial charge in [0.15, 0.2) is 0 Å². The van der Waals surface area contributed by atoms with Gasteiger partial charge >= 0.3 is 11.9 Å². The maximum absolute atomic E-state index is 13.4. The van der Waals surface area contributed by atoms with Gasteiger partial charge in [0.1, 0.15) is 0 Å². The normalized spacial score (nSPS) is 47.1. The average Bonchev–Trinajstić information content (AvgIpc) is 3.55. The minimum Gasteiger partial charge on any atom is -0.481 e. The Balaban J connectivity index is 1.26. The lowest BCUT2D eigenvalue weighted by Gasteiger charge is -2.73. The molecule has 6 aliphatic carbocycles. The van der Waals surface area contributed by atoms with E-state index < -0.39 is 11.4 Å². The number of fused-ring (bicyclic) bond motifs is 7. The van der Waals surface area contributed by atoms with Gasteiger partial charge in [-0.3, -0.25) is 9.59 Å².